The molecule has 1 aromatic rings. The van der Waals surface area contributed by atoms with E-state index in [1.165, 1.54) is 12.3 Å². The Morgan fingerprint density at radius 3 is 2.71 bits per heavy atom. The molecule has 0 spiro atoms. The SMILES string of the molecule is C=Nc1ccnc(CCC(F)(F)F)c1. The molecule has 0 aromatic carbocycles. The lowest BCUT2D eigenvalue weighted by Gasteiger charge is -2.05. The van der Waals surface area contributed by atoms with E-state index in [9.17, 15) is 13.2 Å². The highest BCUT2D eigenvalue weighted by atomic mass is 19.4. The van der Waals surface area contributed by atoms with Crippen LogP contribution in [0.4, 0.5) is 18.9 Å². The Kier molecular flexibility index (Phi) is 3.22. The van der Waals surface area contributed by atoms with Crippen LogP contribution in [0.2, 0.25) is 0 Å². The van der Waals surface area contributed by atoms with Gasteiger partial charge >= 0.3 is 6.18 Å². The highest BCUT2D eigenvalue weighted by molar-refractivity contribution is 5.44. The topological polar surface area (TPSA) is 25.2 Å². The largest absolute Gasteiger partial charge is 0.389 e. The molecule has 5 heteroatoms. The normalized spacial score (nSPS) is 11.4. The fourth-order valence-corrected chi connectivity index (χ4v) is 0.970. The molecule has 0 bridgehead atoms. The summed E-state index contributed by atoms with van der Waals surface area (Å²) >= 11 is 0. The lowest BCUT2D eigenvalue weighted by molar-refractivity contribution is -0.134. The zero-order valence-electron chi connectivity index (χ0n) is 7.38. The van der Waals surface area contributed by atoms with Gasteiger partial charge in [-0.15, -0.1) is 0 Å². The molecule has 0 saturated carbocycles. The third kappa shape index (κ3) is 3.55. The Labute approximate surface area is 79.5 Å². The maximum Gasteiger partial charge on any atom is 0.389 e. The third-order valence-electron chi connectivity index (χ3n) is 1.65. The van der Waals surface area contributed by atoms with Crippen molar-refractivity contribution in [3.05, 3.63) is 24.0 Å². The van der Waals surface area contributed by atoms with E-state index in [1.807, 2.05) is 0 Å². The fraction of sp³-hybridized carbons (Fsp3) is 0.333. The van der Waals surface area contributed by atoms with E-state index in [4.69, 9.17) is 0 Å². The van der Waals surface area contributed by atoms with Gasteiger partial charge in [-0.1, -0.05) is 0 Å². The Morgan fingerprint density at radius 2 is 2.14 bits per heavy atom. The maximum atomic E-state index is 11.9. The van der Waals surface area contributed by atoms with E-state index in [0.717, 1.165) is 0 Å². The number of hydrogen-bond donors (Lipinski definition) is 0. The summed E-state index contributed by atoms with van der Waals surface area (Å²) < 4.78 is 35.6. The Balaban J connectivity index is 2.63. The molecule has 0 amide bonds. The first-order valence-electron chi connectivity index (χ1n) is 4.00. The molecule has 0 unspecified atom stereocenters. The number of aryl methyl sites for hydroxylation is 1. The van der Waals surface area contributed by atoms with Gasteiger partial charge in [0.25, 0.3) is 0 Å². The van der Waals surface area contributed by atoms with Crippen LogP contribution in [0.25, 0.3) is 0 Å². The molecule has 1 heterocycles. The smallest absolute Gasteiger partial charge is 0.265 e. The quantitative estimate of drug-likeness (QED) is 0.692. The predicted octanol–water partition coefficient (Wildman–Crippen LogP) is 2.91. The molecule has 1 aromatic heterocycles. The lowest BCUT2D eigenvalue weighted by Crippen LogP contribution is -2.09. The summed E-state index contributed by atoms with van der Waals surface area (Å²) in [6.07, 6.45) is -3.69. The minimum Gasteiger partial charge on any atom is -0.265 e. The van der Waals surface area contributed by atoms with Gasteiger partial charge < -0.3 is 0 Å². The summed E-state index contributed by atoms with van der Waals surface area (Å²) in [7, 11) is 0. The van der Waals surface area contributed by atoms with Crippen LogP contribution < -0.4 is 0 Å². The molecular formula is C9H9F3N2. The van der Waals surface area contributed by atoms with Gasteiger partial charge in [0, 0.05) is 18.3 Å². The van der Waals surface area contributed by atoms with Crippen LogP contribution >= 0.6 is 0 Å². The molecule has 0 fully saturated rings. The average molecular weight is 202 g/mol. The van der Waals surface area contributed by atoms with Crippen LogP contribution in [0.3, 0.4) is 0 Å². The van der Waals surface area contributed by atoms with Crippen LogP contribution in [-0.2, 0) is 6.42 Å². The van der Waals surface area contributed by atoms with Crippen LogP contribution in [0.1, 0.15) is 12.1 Å². The van der Waals surface area contributed by atoms with Crippen molar-refractivity contribution in [3.8, 4) is 0 Å². The van der Waals surface area contributed by atoms with E-state index in [1.54, 1.807) is 6.07 Å². The molecule has 0 N–H and O–H groups in total. The molecule has 2 nitrogen and oxygen atoms in total. The molecule has 1 rings (SSSR count). The first-order valence-corrected chi connectivity index (χ1v) is 4.00. The van der Waals surface area contributed by atoms with E-state index in [2.05, 4.69) is 16.7 Å². The van der Waals surface area contributed by atoms with E-state index in [-0.39, 0.29) is 6.42 Å². The molecule has 0 aliphatic carbocycles. The Hall–Kier alpha value is -1.39. The van der Waals surface area contributed by atoms with Crippen molar-refractivity contribution in [1.29, 1.82) is 0 Å². The molecule has 0 radical (unpaired) electrons. The first-order chi connectivity index (χ1) is 6.51. The summed E-state index contributed by atoms with van der Waals surface area (Å²) in [4.78, 5) is 7.41. The summed E-state index contributed by atoms with van der Waals surface area (Å²) in [5, 5.41) is 0. The van der Waals surface area contributed by atoms with Crippen LogP contribution in [0.5, 0.6) is 0 Å². The van der Waals surface area contributed by atoms with Crippen LogP contribution in [0.15, 0.2) is 23.3 Å². The van der Waals surface area contributed by atoms with Crippen LogP contribution in [-0.4, -0.2) is 17.9 Å². The van der Waals surface area contributed by atoms with Crippen LogP contribution in [0, 0.1) is 0 Å². The van der Waals surface area contributed by atoms with Crippen molar-refractivity contribution in [2.45, 2.75) is 19.0 Å². The van der Waals surface area contributed by atoms with Crippen molar-refractivity contribution < 1.29 is 13.2 Å². The summed E-state index contributed by atoms with van der Waals surface area (Å²) in [5.41, 5.74) is 0.921. The zero-order valence-corrected chi connectivity index (χ0v) is 7.38. The van der Waals surface area contributed by atoms with Gasteiger partial charge in [-0.2, -0.15) is 13.2 Å². The van der Waals surface area contributed by atoms with Crippen molar-refractivity contribution in [1.82, 2.24) is 4.98 Å². The molecule has 0 aliphatic rings. The minimum absolute atomic E-state index is 0.118. The molecule has 14 heavy (non-hydrogen) atoms. The molecular weight excluding hydrogens is 193 g/mol. The first kappa shape index (κ1) is 10.7. The number of aromatic nitrogens is 1. The number of alkyl halides is 3. The van der Waals surface area contributed by atoms with Crippen molar-refractivity contribution >= 4 is 12.4 Å². The van der Waals surface area contributed by atoms with Gasteiger partial charge in [-0.05, 0) is 25.3 Å². The van der Waals surface area contributed by atoms with E-state index in [0.29, 0.717) is 11.4 Å². The number of aliphatic imine (C=N–C) groups is 1. The summed E-state index contributed by atoms with van der Waals surface area (Å²) in [6.45, 7) is 3.28. The Morgan fingerprint density at radius 1 is 1.43 bits per heavy atom. The van der Waals surface area contributed by atoms with Gasteiger partial charge in [0.1, 0.15) is 0 Å². The third-order valence-corrected chi connectivity index (χ3v) is 1.65. The molecule has 76 valence electrons. The maximum absolute atomic E-state index is 11.9. The minimum atomic E-state index is -4.14. The number of halogens is 3. The van der Waals surface area contributed by atoms with Crippen molar-refractivity contribution in [3.63, 3.8) is 0 Å². The van der Waals surface area contributed by atoms with Gasteiger partial charge in [0.15, 0.2) is 0 Å². The summed E-state index contributed by atoms with van der Waals surface area (Å²) in [6, 6.07) is 3.09. The standard InChI is InChI=1S/C9H9F3N2/c1-13-7-3-5-14-8(6-7)2-4-9(10,11)12/h3,5-6H,1-2,4H2. The fourth-order valence-electron chi connectivity index (χ4n) is 0.970. The van der Waals surface area contributed by atoms with Gasteiger partial charge in [0.05, 0.1) is 5.69 Å². The second kappa shape index (κ2) is 4.21. The summed E-state index contributed by atoms with van der Waals surface area (Å²) in [5.74, 6) is 0. The number of rotatable bonds is 3. The molecule has 0 atom stereocenters. The molecule has 0 saturated heterocycles. The predicted molar refractivity (Wildman–Crippen MR) is 47.8 cm³/mol. The average Bonchev–Trinajstić information content (AvgIpc) is 2.14. The number of pyridine rings is 1. The highest BCUT2D eigenvalue weighted by Gasteiger charge is 2.26. The van der Waals surface area contributed by atoms with E-state index < -0.39 is 12.6 Å². The van der Waals surface area contributed by atoms with E-state index >= 15 is 0 Å². The van der Waals surface area contributed by atoms with Crippen molar-refractivity contribution in [2.24, 2.45) is 4.99 Å². The monoisotopic (exact) mass is 202 g/mol. The van der Waals surface area contributed by atoms with Gasteiger partial charge in [-0.3, -0.25) is 9.98 Å². The second-order valence-electron chi connectivity index (χ2n) is 2.78. The van der Waals surface area contributed by atoms with Gasteiger partial charge in [-0.25, -0.2) is 0 Å². The number of nitrogens with zero attached hydrogens (tertiary/aromatic N) is 2. The second-order valence-corrected chi connectivity index (χ2v) is 2.78. The molecule has 0 aliphatic heterocycles. The lowest BCUT2D eigenvalue weighted by atomic mass is 10.2. The van der Waals surface area contributed by atoms with Crippen molar-refractivity contribution in [2.75, 3.05) is 0 Å². The van der Waals surface area contributed by atoms with Gasteiger partial charge in [0.2, 0.25) is 0 Å². The zero-order chi connectivity index (χ0) is 10.6. The highest BCUT2D eigenvalue weighted by Crippen LogP contribution is 2.22. The Bertz CT molecular complexity index is 320. The number of hydrogen-bond acceptors (Lipinski definition) is 2.